The van der Waals surface area contributed by atoms with Gasteiger partial charge in [0.15, 0.2) is 0 Å². The van der Waals surface area contributed by atoms with E-state index in [1.807, 2.05) is 42.5 Å². The van der Waals surface area contributed by atoms with E-state index in [0.717, 1.165) is 10.9 Å². The molecule has 1 atom stereocenters. The molecule has 4 aromatic carbocycles. The van der Waals surface area contributed by atoms with Crippen LogP contribution in [0.3, 0.4) is 0 Å². The molecule has 182 valence electrons. The average molecular weight is 583 g/mol. The molecule has 0 amide bonds. The number of benzene rings is 4. The van der Waals surface area contributed by atoms with Gasteiger partial charge >= 0.3 is 5.97 Å². The molecule has 0 aliphatic carbocycles. The minimum atomic E-state index is -3.99. The van der Waals surface area contributed by atoms with E-state index < -0.39 is 21.9 Å². The molecule has 0 bridgehead atoms. The third-order valence-electron chi connectivity index (χ3n) is 6.14. The zero-order chi connectivity index (χ0) is 25.4. The number of aromatic nitrogens is 1. The molecule has 0 saturated carbocycles. The summed E-state index contributed by atoms with van der Waals surface area (Å²) in [7, 11) is -3.99. The van der Waals surface area contributed by atoms with Gasteiger partial charge < -0.3 is 4.74 Å². The van der Waals surface area contributed by atoms with E-state index in [2.05, 4.69) is 15.9 Å². The number of rotatable bonds is 6. The Morgan fingerprint density at radius 2 is 1.64 bits per heavy atom. The summed E-state index contributed by atoms with van der Waals surface area (Å²) in [5.74, 6) is -0.989. The van der Waals surface area contributed by atoms with E-state index in [1.54, 1.807) is 55.5 Å². The lowest BCUT2D eigenvalue weighted by Gasteiger charge is -2.14. The lowest BCUT2D eigenvalue weighted by Crippen LogP contribution is -2.15. The minimum Gasteiger partial charge on any atom is -0.460 e. The molecule has 0 aliphatic heterocycles. The van der Waals surface area contributed by atoms with Crippen molar-refractivity contribution in [2.24, 2.45) is 0 Å². The highest BCUT2D eigenvalue weighted by atomic mass is 79.9. The highest BCUT2D eigenvalue weighted by molar-refractivity contribution is 9.10. The van der Waals surface area contributed by atoms with Crippen LogP contribution in [0.4, 0.5) is 0 Å². The number of hydrogen-bond acceptors (Lipinski definition) is 4. The molecule has 0 fully saturated rings. The first-order chi connectivity index (χ1) is 17.3. The van der Waals surface area contributed by atoms with Gasteiger partial charge in [0, 0.05) is 20.3 Å². The average Bonchev–Trinajstić information content (AvgIpc) is 3.21. The van der Waals surface area contributed by atoms with Crippen molar-refractivity contribution in [3.8, 4) is 0 Å². The maximum atomic E-state index is 13.9. The van der Waals surface area contributed by atoms with Crippen molar-refractivity contribution >= 4 is 65.3 Å². The fraction of sp³-hybridized carbons (Fsp3) is 0.107. The zero-order valence-corrected chi connectivity index (χ0v) is 22.3. The van der Waals surface area contributed by atoms with Crippen molar-refractivity contribution in [2.45, 2.75) is 24.3 Å². The number of fused-ring (bicyclic) bond motifs is 3. The van der Waals surface area contributed by atoms with Gasteiger partial charge in [-0.15, -0.1) is 0 Å². The van der Waals surface area contributed by atoms with Crippen LogP contribution in [0.25, 0.3) is 21.8 Å². The largest absolute Gasteiger partial charge is 0.460 e. The van der Waals surface area contributed by atoms with Gasteiger partial charge in [0.1, 0.15) is 11.5 Å². The van der Waals surface area contributed by atoms with Gasteiger partial charge in [-0.3, -0.25) is 4.79 Å². The SMILES string of the molecule is CC(C(=O)OCc1ccccc1)c1ccc2c3cc(Cl)ccc3n(S(=O)(=O)c3ccccc3Br)c2c1. The van der Waals surface area contributed by atoms with Crippen molar-refractivity contribution < 1.29 is 17.9 Å². The van der Waals surface area contributed by atoms with Crippen LogP contribution in [0, 0.1) is 0 Å². The van der Waals surface area contributed by atoms with Crippen molar-refractivity contribution in [3.05, 3.63) is 112 Å². The first kappa shape index (κ1) is 24.6. The Morgan fingerprint density at radius 1 is 0.917 bits per heavy atom. The molecular weight excluding hydrogens is 562 g/mol. The van der Waals surface area contributed by atoms with E-state index in [-0.39, 0.29) is 11.5 Å². The summed E-state index contributed by atoms with van der Waals surface area (Å²) in [6, 6.07) is 26.6. The Bertz CT molecular complexity index is 1710. The molecule has 0 radical (unpaired) electrons. The number of nitrogens with zero attached hydrogens (tertiary/aromatic N) is 1. The van der Waals surface area contributed by atoms with E-state index in [9.17, 15) is 13.2 Å². The molecule has 5 aromatic rings. The number of carbonyl (C=O) groups excluding carboxylic acids is 1. The topological polar surface area (TPSA) is 65.4 Å². The summed E-state index contributed by atoms with van der Waals surface area (Å²) in [4.78, 5) is 13.0. The van der Waals surface area contributed by atoms with Crippen LogP contribution in [0.15, 0.2) is 100 Å². The van der Waals surface area contributed by atoms with Gasteiger partial charge in [0.25, 0.3) is 10.0 Å². The second kappa shape index (κ2) is 9.73. The molecule has 1 unspecified atom stereocenters. The Hall–Kier alpha value is -3.13. The van der Waals surface area contributed by atoms with Gasteiger partial charge in [-0.2, -0.15) is 0 Å². The van der Waals surface area contributed by atoms with Crippen LogP contribution < -0.4 is 0 Å². The fourth-order valence-electron chi connectivity index (χ4n) is 4.25. The Kier molecular flexibility index (Phi) is 6.64. The van der Waals surface area contributed by atoms with Gasteiger partial charge in [-0.25, -0.2) is 12.4 Å². The monoisotopic (exact) mass is 581 g/mol. The maximum absolute atomic E-state index is 13.9. The van der Waals surface area contributed by atoms with Gasteiger partial charge in [-0.05, 0) is 70.4 Å². The van der Waals surface area contributed by atoms with Gasteiger partial charge in [0.2, 0.25) is 0 Å². The number of carbonyl (C=O) groups is 1. The molecule has 0 spiro atoms. The van der Waals surface area contributed by atoms with E-state index >= 15 is 0 Å². The summed E-state index contributed by atoms with van der Waals surface area (Å²) >= 11 is 9.64. The van der Waals surface area contributed by atoms with Crippen LogP contribution in [0.2, 0.25) is 5.02 Å². The molecule has 36 heavy (non-hydrogen) atoms. The number of halogens is 2. The van der Waals surface area contributed by atoms with Crippen LogP contribution >= 0.6 is 27.5 Å². The zero-order valence-electron chi connectivity index (χ0n) is 19.2. The summed E-state index contributed by atoms with van der Waals surface area (Å²) in [5.41, 5.74) is 2.51. The summed E-state index contributed by atoms with van der Waals surface area (Å²) < 4.78 is 35.1. The predicted octanol–water partition coefficient (Wildman–Crippen LogP) is 7.29. The van der Waals surface area contributed by atoms with Crippen molar-refractivity contribution in [1.29, 1.82) is 0 Å². The molecule has 0 saturated heterocycles. The van der Waals surface area contributed by atoms with Crippen LogP contribution in [0.1, 0.15) is 24.0 Å². The molecule has 5 nitrogen and oxygen atoms in total. The second-order valence-electron chi connectivity index (χ2n) is 8.45. The Morgan fingerprint density at radius 3 is 2.39 bits per heavy atom. The third kappa shape index (κ3) is 4.43. The molecular formula is C28H21BrClNO4S. The van der Waals surface area contributed by atoms with Crippen molar-refractivity contribution in [2.75, 3.05) is 0 Å². The van der Waals surface area contributed by atoms with E-state index in [4.69, 9.17) is 16.3 Å². The standard InChI is InChI=1S/C28H21BrClNO4S/c1-18(28(32)35-17-19-7-3-2-4-8-19)20-11-13-22-23-16-21(30)12-14-25(23)31(26(22)15-20)36(33,34)27-10-6-5-9-24(27)29/h2-16,18H,17H2,1H3. The molecule has 8 heteroatoms. The summed E-state index contributed by atoms with van der Waals surface area (Å²) in [5, 5.41) is 1.93. The van der Waals surface area contributed by atoms with Gasteiger partial charge in [-0.1, -0.05) is 66.2 Å². The molecule has 0 aliphatic rings. The van der Waals surface area contributed by atoms with E-state index in [1.165, 1.54) is 3.97 Å². The maximum Gasteiger partial charge on any atom is 0.313 e. The predicted molar refractivity (Wildman–Crippen MR) is 146 cm³/mol. The molecule has 0 N–H and O–H groups in total. The third-order valence-corrected chi connectivity index (χ3v) is 9.12. The van der Waals surface area contributed by atoms with Gasteiger partial charge in [0.05, 0.1) is 17.0 Å². The molecule has 5 rings (SSSR count). The van der Waals surface area contributed by atoms with Crippen LogP contribution in [-0.2, 0) is 26.2 Å². The van der Waals surface area contributed by atoms with Crippen LogP contribution in [0.5, 0.6) is 0 Å². The lowest BCUT2D eigenvalue weighted by atomic mass is 9.99. The quantitative estimate of drug-likeness (QED) is 0.197. The highest BCUT2D eigenvalue weighted by Gasteiger charge is 2.26. The second-order valence-corrected chi connectivity index (χ2v) is 11.5. The first-order valence-corrected chi connectivity index (χ1v) is 13.8. The van der Waals surface area contributed by atoms with Crippen LogP contribution in [-0.4, -0.2) is 18.4 Å². The first-order valence-electron chi connectivity index (χ1n) is 11.2. The smallest absolute Gasteiger partial charge is 0.313 e. The summed E-state index contributed by atoms with van der Waals surface area (Å²) in [6.07, 6.45) is 0. The molecule has 1 heterocycles. The number of hydrogen-bond donors (Lipinski definition) is 0. The highest BCUT2D eigenvalue weighted by Crippen LogP contribution is 2.37. The minimum absolute atomic E-state index is 0.138. The Balaban J connectivity index is 1.62. The van der Waals surface area contributed by atoms with E-state index in [0.29, 0.717) is 31.5 Å². The van der Waals surface area contributed by atoms with Crippen molar-refractivity contribution in [3.63, 3.8) is 0 Å². The van der Waals surface area contributed by atoms with Crippen molar-refractivity contribution in [1.82, 2.24) is 3.97 Å². The Labute approximate surface area is 222 Å². The number of esters is 1. The lowest BCUT2D eigenvalue weighted by molar-refractivity contribution is -0.146. The normalized spacial score (nSPS) is 12.6. The summed E-state index contributed by atoms with van der Waals surface area (Å²) in [6.45, 7) is 1.92. The fourth-order valence-corrected chi connectivity index (χ4v) is 6.91. The number of ether oxygens (including phenoxy) is 1. The molecule has 1 aromatic heterocycles.